The van der Waals surface area contributed by atoms with Gasteiger partial charge in [-0.05, 0) is 38.1 Å². The van der Waals surface area contributed by atoms with Gasteiger partial charge in [0.25, 0.3) is 0 Å². The SMILES string of the molecule is CCOC(=O)Cn1cc(Cn2c3ccccc3c(=O)c3cc(C)ccc32)nn1. The molecule has 7 nitrogen and oxygen atoms in total. The molecule has 2 aromatic heterocycles. The first-order chi connectivity index (χ1) is 13.6. The number of aryl methyl sites for hydroxylation is 1. The lowest BCUT2D eigenvalue weighted by Gasteiger charge is -2.14. The van der Waals surface area contributed by atoms with Crippen molar-refractivity contribution in [2.45, 2.75) is 26.9 Å². The van der Waals surface area contributed by atoms with Crippen LogP contribution in [-0.2, 0) is 22.6 Å². The van der Waals surface area contributed by atoms with E-state index in [0.29, 0.717) is 29.6 Å². The van der Waals surface area contributed by atoms with Crippen LogP contribution in [0.3, 0.4) is 0 Å². The summed E-state index contributed by atoms with van der Waals surface area (Å²) in [7, 11) is 0. The van der Waals surface area contributed by atoms with Crippen LogP contribution in [0.5, 0.6) is 0 Å². The van der Waals surface area contributed by atoms with Crippen molar-refractivity contribution in [1.29, 1.82) is 0 Å². The van der Waals surface area contributed by atoms with Crippen LogP contribution in [0.2, 0.25) is 0 Å². The van der Waals surface area contributed by atoms with Gasteiger partial charge < -0.3 is 9.30 Å². The number of hydrogen-bond donors (Lipinski definition) is 0. The fraction of sp³-hybridized carbons (Fsp3) is 0.238. The molecule has 0 fully saturated rings. The smallest absolute Gasteiger partial charge is 0.327 e. The van der Waals surface area contributed by atoms with E-state index in [9.17, 15) is 9.59 Å². The van der Waals surface area contributed by atoms with Crippen LogP contribution < -0.4 is 5.43 Å². The Morgan fingerprint density at radius 1 is 1.11 bits per heavy atom. The Balaban J connectivity index is 1.80. The fourth-order valence-corrected chi connectivity index (χ4v) is 3.40. The van der Waals surface area contributed by atoms with E-state index in [0.717, 1.165) is 16.6 Å². The average molecular weight is 376 g/mol. The number of benzene rings is 2. The van der Waals surface area contributed by atoms with Gasteiger partial charge in [0.1, 0.15) is 12.2 Å². The minimum absolute atomic E-state index is 0.0195. The first-order valence-corrected chi connectivity index (χ1v) is 9.13. The normalized spacial score (nSPS) is 11.2. The molecule has 4 rings (SSSR count). The predicted octanol–water partition coefficient (Wildman–Crippen LogP) is 2.67. The Bertz CT molecular complexity index is 1240. The summed E-state index contributed by atoms with van der Waals surface area (Å²) in [5.41, 5.74) is 3.43. The summed E-state index contributed by atoms with van der Waals surface area (Å²) >= 11 is 0. The molecule has 0 unspecified atom stereocenters. The second-order valence-corrected chi connectivity index (χ2v) is 6.67. The number of nitrogens with zero attached hydrogens (tertiary/aromatic N) is 4. The van der Waals surface area contributed by atoms with Crippen molar-refractivity contribution in [3.05, 3.63) is 70.1 Å². The van der Waals surface area contributed by atoms with Crippen LogP contribution in [0.1, 0.15) is 18.2 Å². The van der Waals surface area contributed by atoms with Crippen molar-refractivity contribution < 1.29 is 9.53 Å². The molecule has 0 aliphatic carbocycles. The van der Waals surface area contributed by atoms with Gasteiger partial charge in [-0.2, -0.15) is 0 Å². The number of fused-ring (bicyclic) bond motifs is 2. The molecule has 0 atom stereocenters. The van der Waals surface area contributed by atoms with Crippen molar-refractivity contribution in [3.8, 4) is 0 Å². The van der Waals surface area contributed by atoms with E-state index in [-0.39, 0.29) is 17.9 Å². The van der Waals surface area contributed by atoms with E-state index in [1.54, 1.807) is 13.1 Å². The second kappa shape index (κ2) is 7.26. The summed E-state index contributed by atoms with van der Waals surface area (Å²) in [5.74, 6) is -0.353. The maximum atomic E-state index is 12.9. The highest BCUT2D eigenvalue weighted by Gasteiger charge is 2.13. The number of rotatable bonds is 5. The monoisotopic (exact) mass is 376 g/mol. The van der Waals surface area contributed by atoms with E-state index < -0.39 is 0 Å². The molecule has 28 heavy (non-hydrogen) atoms. The van der Waals surface area contributed by atoms with Crippen molar-refractivity contribution in [1.82, 2.24) is 19.6 Å². The number of esters is 1. The number of pyridine rings is 1. The Kier molecular flexibility index (Phi) is 4.65. The maximum Gasteiger partial charge on any atom is 0.327 e. The van der Waals surface area contributed by atoms with E-state index >= 15 is 0 Å². The zero-order valence-electron chi connectivity index (χ0n) is 15.8. The van der Waals surface area contributed by atoms with E-state index in [1.807, 2.05) is 49.4 Å². The summed E-state index contributed by atoms with van der Waals surface area (Å²) in [6.07, 6.45) is 1.73. The van der Waals surface area contributed by atoms with Gasteiger partial charge in [0.2, 0.25) is 0 Å². The number of ether oxygens (including phenoxy) is 1. The molecule has 0 aliphatic rings. The Morgan fingerprint density at radius 2 is 1.89 bits per heavy atom. The highest BCUT2D eigenvalue weighted by molar-refractivity contribution is 5.93. The molecular weight excluding hydrogens is 356 g/mol. The first-order valence-electron chi connectivity index (χ1n) is 9.13. The third-order valence-corrected chi connectivity index (χ3v) is 4.63. The second-order valence-electron chi connectivity index (χ2n) is 6.67. The summed E-state index contributed by atoms with van der Waals surface area (Å²) in [6, 6.07) is 13.4. The average Bonchev–Trinajstić information content (AvgIpc) is 3.12. The van der Waals surface area contributed by atoms with Crippen LogP contribution >= 0.6 is 0 Å². The topological polar surface area (TPSA) is 79.0 Å². The molecule has 0 spiro atoms. The quantitative estimate of drug-likeness (QED) is 0.395. The van der Waals surface area contributed by atoms with Gasteiger partial charge in [0.05, 0.1) is 30.4 Å². The largest absolute Gasteiger partial charge is 0.465 e. The van der Waals surface area contributed by atoms with Gasteiger partial charge in [0.15, 0.2) is 5.43 Å². The van der Waals surface area contributed by atoms with Gasteiger partial charge >= 0.3 is 5.97 Å². The standard InChI is InChI=1S/C21H20N4O3/c1-3-28-20(26)13-24-11-15(22-23-24)12-25-18-7-5-4-6-16(18)21(27)17-10-14(2)8-9-19(17)25/h4-11H,3,12-13H2,1-2H3. The molecule has 0 N–H and O–H groups in total. The Hall–Kier alpha value is -3.48. The van der Waals surface area contributed by atoms with Crippen LogP contribution in [0.15, 0.2) is 53.5 Å². The van der Waals surface area contributed by atoms with Crippen LogP contribution in [0.25, 0.3) is 21.8 Å². The highest BCUT2D eigenvalue weighted by atomic mass is 16.5. The minimum Gasteiger partial charge on any atom is -0.465 e. The van der Waals surface area contributed by atoms with E-state index in [1.165, 1.54) is 4.68 Å². The zero-order chi connectivity index (χ0) is 19.7. The van der Waals surface area contributed by atoms with E-state index in [2.05, 4.69) is 14.9 Å². The molecule has 7 heteroatoms. The molecule has 0 saturated heterocycles. The summed E-state index contributed by atoms with van der Waals surface area (Å²) in [6.45, 7) is 4.52. The molecule has 0 radical (unpaired) electrons. The third kappa shape index (κ3) is 3.26. The predicted molar refractivity (Wildman–Crippen MR) is 106 cm³/mol. The summed E-state index contributed by atoms with van der Waals surface area (Å²) in [4.78, 5) is 24.6. The van der Waals surface area contributed by atoms with E-state index in [4.69, 9.17) is 4.74 Å². The Morgan fingerprint density at radius 3 is 2.71 bits per heavy atom. The summed E-state index contributed by atoms with van der Waals surface area (Å²) in [5, 5.41) is 9.55. The molecule has 0 aliphatic heterocycles. The molecule has 0 bridgehead atoms. The van der Waals surface area contributed by atoms with Crippen LogP contribution in [0.4, 0.5) is 0 Å². The van der Waals surface area contributed by atoms with Gasteiger partial charge in [0, 0.05) is 10.8 Å². The zero-order valence-corrected chi connectivity index (χ0v) is 15.8. The number of aromatic nitrogens is 4. The fourth-order valence-electron chi connectivity index (χ4n) is 3.40. The number of carbonyl (C=O) groups excluding carboxylic acids is 1. The molecule has 2 heterocycles. The van der Waals surface area contributed by atoms with Crippen LogP contribution in [0, 0.1) is 6.92 Å². The first kappa shape index (κ1) is 17.9. The van der Waals surface area contributed by atoms with Crippen molar-refractivity contribution >= 4 is 27.8 Å². The number of para-hydroxylation sites is 1. The highest BCUT2D eigenvalue weighted by Crippen LogP contribution is 2.21. The lowest BCUT2D eigenvalue weighted by Crippen LogP contribution is -2.14. The van der Waals surface area contributed by atoms with Crippen molar-refractivity contribution in [2.24, 2.45) is 0 Å². The number of hydrogen-bond acceptors (Lipinski definition) is 5. The van der Waals surface area contributed by atoms with Gasteiger partial charge in [-0.1, -0.05) is 29.0 Å². The molecule has 0 amide bonds. The Labute approximate surface area is 161 Å². The maximum absolute atomic E-state index is 12.9. The molecule has 0 saturated carbocycles. The summed E-state index contributed by atoms with van der Waals surface area (Å²) < 4.78 is 8.47. The lowest BCUT2D eigenvalue weighted by atomic mass is 10.1. The van der Waals surface area contributed by atoms with Crippen LogP contribution in [-0.4, -0.2) is 32.1 Å². The van der Waals surface area contributed by atoms with Gasteiger partial charge in [-0.15, -0.1) is 5.10 Å². The number of carbonyl (C=O) groups is 1. The lowest BCUT2D eigenvalue weighted by molar-refractivity contribution is -0.144. The molecular formula is C21H20N4O3. The molecule has 4 aromatic rings. The minimum atomic E-state index is -0.353. The third-order valence-electron chi connectivity index (χ3n) is 4.63. The molecule has 142 valence electrons. The van der Waals surface area contributed by atoms with Gasteiger partial charge in [-0.25, -0.2) is 4.68 Å². The van der Waals surface area contributed by atoms with Gasteiger partial charge in [-0.3, -0.25) is 9.59 Å². The molecule has 2 aromatic carbocycles. The van der Waals surface area contributed by atoms with Crippen molar-refractivity contribution in [3.63, 3.8) is 0 Å². The van der Waals surface area contributed by atoms with Crippen molar-refractivity contribution in [2.75, 3.05) is 6.61 Å².